The van der Waals surface area contributed by atoms with Gasteiger partial charge in [0.15, 0.2) is 0 Å². The molecule has 2 heteroatoms. The predicted octanol–water partition coefficient (Wildman–Crippen LogP) is 3.76. The zero-order valence-corrected chi connectivity index (χ0v) is 12.7. The number of likely N-dealkylation sites (tertiary alicyclic amines) is 1. The summed E-state index contributed by atoms with van der Waals surface area (Å²) in [6.45, 7) is 9.90. The number of aliphatic hydroxyl groups excluding tert-OH is 1. The van der Waals surface area contributed by atoms with E-state index in [9.17, 15) is 5.11 Å². The van der Waals surface area contributed by atoms with Gasteiger partial charge in [0.2, 0.25) is 0 Å². The van der Waals surface area contributed by atoms with Gasteiger partial charge in [0.25, 0.3) is 0 Å². The predicted molar refractivity (Wildman–Crippen MR) is 80.1 cm³/mol. The van der Waals surface area contributed by atoms with Crippen LogP contribution in [0.2, 0.25) is 0 Å². The van der Waals surface area contributed by atoms with Gasteiger partial charge in [-0.1, -0.05) is 30.3 Å². The molecule has 106 valence electrons. The van der Waals surface area contributed by atoms with Gasteiger partial charge in [-0.15, -0.1) is 0 Å². The van der Waals surface area contributed by atoms with Crippen LogP contribution in [-0.4, -0.2) is 27.6 Å². The van der Waals surface area contributed by atoms with E-state index in [0.29, 0.717) is 6.54 Å². The molecule has 0 aromatic heterocycles. The van der Waals surface area contributed by atoms with Gasteiger partial charge in [0, 0.05) is 17.6 Å². The van der Waals surface area contributed by atoms with Crippen molar-refractivity contribution in [1.29, 1.82) is 0 Å². The van der Waals surface area contributed by atoms with E-state index in [2.05, 4.69) is 32.6 Å². The Balaban J connectivity index is 2.15. The van der Waals surface area contributed by atoms with Gasteiger partial charge in [0.05, 0.1) is 6.10 Å². The molecule has 1 aromatic rings. The number of hydrogen-bond donors (Lipinski definition) is 1. The van der Waals surface area contributed by atoms with Crippen LogP contribution in [0.5, 0.6) is 0 Å². The van der Waals surface area contributed by atoms with Crippen molar-refractivity contribution < 1.29 is 5.11 Å². The van der Waals surface area contributed by atoms with E-state index < -0.39 is 6.10 Å². The summed E-state index contributed by atoms with van der Waals surface area (Å²) in [5.74, 6) is 0. The molecule has 1 heterocycles. The first kappa shape index (κ1) is 14.5. The summed E-state index contributed by atoms with van der Waals surface area (Å²) >= 11 is 0. The lowest BCUT2D eigenvalue weighted by molar-refractivity contribution is -0.0547. The first-order valence-corrected chi connectivity index (χ1v) is 7.34. The van der Waals surface area contributed by atoms with Crippen molar-refractivity contribution >= 4 is 0 Å². The lowest BCUT2D eigenvalue weighted by Crippen LogP contribution is -2.59. The van der Waals surface area contributed by atoms with E-state index >= 15 is 0 Å². The monoisotopic (exact) mass is 261 g/mol. The van der Waals surface area contributed by atoms with Crippen LogP contribution in [0.25, 0.3) is 0 Å². The Morgan fingerprint density at radius 2 is 1.58 bits per heavy atom. The normalized spacial score (nSPS) is 24.1. The Morgan fingerprint density at radius 3 is 2.11 bits per heavy atom. The van der Waals surface area contributed by atoms with Crippen molar-refractivity contribution in [2.24, 2.45) is 0 Å². The number of aliphatic hydroxyl groups is 1. The molecule has 1 N–H and O–H groups in total. The fraction of sp³-hybridized carbons (Fsp3) is 0.647. The third-order valence-electron chi connectivity index (χ3n) is 4.58. The standard InChI is InChI=1S/C17H27NO/c1-16(2)11-8-12-17(3,4)18(16)13-15(19)14-9-6-5-7-10-14/h5-7,9-10,15,19H,8,11-13H2,1-4H3. The van der Waals surface area contributed by atoms with E-state index in [1.165, 1.54) is 19.3 Å². The van der Waals surface area contributed by atoms with Crippen LogP contribution in [-0.2, 0) is 0 Å². The summed E-state index contributed by atoms with van der Waals surface area (Å²) in [7, 11) is 0. The number of β-amino-alcohol motifs (C(OH)–C–C–N with tert-alkyl or cyclic N) is 1. The first-order chi connectivity index (χ1) is 8.83. The second-order valence-electron chi connectivity index (χ2n) is 7.02. The Bertz CT molecular complexity index is 395. The van der Waals surface area contributed by atoms with Crippen LogP contribution in [0.15, 0.2) is 30.3 Å². The third kappa shape index (κ3) is 3.18. The van der Waals surface area contributed by atoms with E-state index in [4.69, 9.17) is 0 Å². The highest BCUT2D eigenvalue weighted by atomic mass is 16.3. The molecule has 1 saturated heterocycles. The topological polar surface area (TPSA) is 23.5 Å². The van der Waals surface area contributed by atoms with Gasteiger partial charge in [-0.2, -0.15) is 0 Å². The third-order valence-corrected chi connectivity index (χ3v) is 4.58. The van der Waals surface area contributed by atoms with E-state index in [0.717, 1.165) is 5.56 Å². The van der Waals surface area contributed by atoms with Gasteiger partial charge in [-0.05, 0) is 52.5 Å². The van der Waals surface area contributed by atoms with Gasteiger partial charge in [-0.3, -0.25) is 4.90 Å². The Morgan fingerprint density at radius 1 is 1.05 bits per heavy atom. The smallest absolute Gasteiger partial charge is 0.0917 e. The summed E-state index contributed by atoms with van der Waals surface area (Å²) in [6.07, 6.45) is 3.28. The highest BCUT2D eigenvalue weighted by Crippen LogP contribution is 2.39. The van der Waals surface area contributed by atoms with E-state index in [1.54, 1.807) is 0 Å². The maximum atomic E-state index is 10.5. The SMILES string of the molecule is CC1(C)CCCC(C)(C)N1CC(O)c1ccccc1. The maximum Gasteiger partial charge on any atom is 0.0917 e. The molecule has 0 aliphatic carbocycles. The molecular weight excluding hydrogens is 234 g/mol. The molecule has 1 atom stereocenters. The fourth-order valence-corrected chi connectivity index (χ4v) is 3.49. The Kier molecular flexibility index (Phi) is 4.03. The van der Waals surface area contributed by atoms with Crippen LogP contribution < -0.4 is 0 Å². The van der Waals surface area contributed by atoms with Crippen LogP contribution in [0, 0.1) is 0 Å². The molecule has 0 amide bonds. The highest BCUT2D eigenvalue weighted by Gasteiger charge is 2.41. The highest BCUT2D eigenvalue weighted by molar-refractivity contribution is 5.18. The largest absolute Gasteiger partial charge is 0.387 e. The van der Waals surface area contributed by atoms with E-state index in [-0.39, 0.29) is 11.1 Å². The van der Waals surface area contributed by atoms with Gasteiger partial charge in [-0.25, -0.2) is 0 Å². The minimum absolute atomic E-state index is 0.164. The Labute approximate surface area is 117 Å². The Hall–Kier alpha value is -0.860. The van der Waals surface area contributed by atoms with E-state index in [1.807, 2.05) is 30.3 Å². The number of piperidine rings is 1. The molecule has 0 spiro atoms. The molecule has 1 unspecified atom stereocenters. The summed E-state index contributed by atoms with van der Waals surface area (Å²) in [4.78, 5) is 2.49. The molecule has 1 aliphatic rings. The molecule has 19 heavy (non-hydrogen) atoms. The number of nitrogens with zero attached hydrogens (tertiary/aromatic N) is 1. The lowest BCUT2D eigenvalue weighted by atomic mass is 9.79. The quantitative estimate of drug-likeness (QED) is 0.895. The lowest BCUT2D eigenvalue weighted by Gasteiger charge is -2.53. The maximum absolute atomic E-state index is 10.5. The van der Waals surface area contributed by atoms with Crippen molar-refractivity contribution in [3.63, 3.8) is 0 Å². The summed E-state index contributed by atoms with van der Waals surface area (Å²) in [5.41, 5.74) is 1.34. The molecule has 1 aliphatic heterocycles. The molecular formula is C17H27NO. The minimum Gasteiger partial charge on any atom is -0.387 e. The molecule has 2 nitrogen and oxygen atoms in total. The summed E-state index contributed by atoms with van der Waals surface area (Å²) in [6, 6.07) is 9.99. The van der Waals surface area contributed by atoms with Crippen molar-refractivity contribution in [3.8, 4) is 0 Å². The molecule has 1 aromatic carbocycles. The van der Waals surface area contributed by atoms with Crippen molar-refractivity contribution in [2.45, 2.75) is 64.1 Å². The average molecular weight is 261 g/mol. The molecule has 0 saturated carbocycles. The fourth-order valence-electron chi connectivity index (χ4n) is 3.49. The van der Waals surface area contributed by atoms with Crippen LogP contribution >= 0.6 is 0 Å². The molecule has 1 fully saturated rings. The van der Waals surface area contributed by atoms with Crippen LogP contribution in [0.1, 0.15) is 58.6 Å². The van der Waals surface area contributed by atoms with Gasteiger partial charge < -0.3 is 5.11 Å². The molecule has 0 radical (unpaired) electrons. The zero-order chi connectivity index (χ0) is 14.1. The minimum atomic E-state index is -0.405. The number of hydrogen-bond acceptors (Lipinski definition) is 2. The zero-order valence-electron chi connectivity index (χ0n) is 12.7. The van der Waals surface area contributed by atoms with Crippen molar-refractivity contribution in [1.82, 2.24) is 4.90 Å². The average Bonchev–Trinajstić information content (AvgIpc) is 2.34. The first-order valence-electron chi connectivity index (χ1n) is 7.34. The van der Waals surface area contributed by atoms with Gasteiger partial charge in [0.1, 0.15) is 0 Å². The molecule has 2 rings (SSSR count). The number of rotatable bonds is 3. The van der Waals surface area contributed by atoms with Crippen LogP contribution in [0.4, 0.5) is 0 Å². The van der Waals surface area contributed by atoms with Crippen molar-refractivity contribution in [2.75, 3.05) is 6.54 Å². The summed E-state index contributed by atoms with van der Waals surface area (Å²) < 4.78 is 0. The summed E-state index contributed by atoms with van der Waals surface area (Å²) in [5, 5.41) is 10.5. The van der Waals surface area contributed by atoms with Crippen molar-refractivity contribution in [3.05, 3.63) is 35.9 Å². The second kappa shape index (κ2) is 5.26. The van der Waals surface area contributed by atoms with Crippen LogP contribution in [0.3, 0.4) is 0 Å². The second-order valence-corrected chi connectivity index (χ2v) is 7.02. The number of benzene rings is 1. The molecule has 0 bridgehead atoms. The van der Waals surface area contributed by atoms with Gasteiger partial charge >= 0.3 is 0 Å².